The van der Waals surface area contributed by atoms with E-state index in [2.05, 4.69) is 19.9 Å². The van der Waals surface area contributed by atoms with Crippen LogP contribution in [-0.4, -0.2) is 30.1 Å². The number of aromatic nitrogens is 3. The largest absolute Gasteiger partial charge is 0.263 e. The monoisotopic (exact) mass is 309 g/mol. The molecule has 0 unspecified atom stereocenters. The fourth-order valence-electron chi connectivity index (χ4n) is 1.73. The van der Waals surface area contributed by atoms with E-state index in [9.17, 15) is 12.8 Å². The molecule has 0 saturated heterocycles. The molecule has 0 radical (unpaired) electrons. The lowest BCUT2D eigenvalue weighted by atomic mass is 10.2. The lowest BCUT2D eigenvalue weighted by molar-refractivity contribution is 0.573. The molecule has 2 N–H and O–H groups in total. The summed E-state index contributed by atoms with van der Waals surface area (Å²) in [5.74, 6) is -0.209. The molecule has 0 bridgehead atoms. The van der Waals surface area contributed by atoms with Gasteiger partial charge in [0.1, 0.15) is 34.5 Å². The second kappa shape index (κ2) is 6.43. The summed E-state index contributed by atoms with van der Waals surface area (Å²) in [6.07, 6.45) is 2.38. The topological polar surface area (TPSA) is 112 Å². The fraction of sp³-hybridized carbons (Fsp3) is 0.250. The minimum absolute atomic E-state index is 0.143. The number of aromatic amines is 1. The smallest absolute Gasteiger partial charge is 0.241 e. The lowest BCUT2D eigenvalue weighted by Gasteiger charge is -2.08. The van der Waals surface area contributed by atoms with Crippen molar-refractivity contribution >= 4 is 10.0 Å². The van der Waals surface area contributed by atoms with Crippen LogP contribution in [0.1, 0.15) is 17.8 Å². The molecule has 0 fully saturated rings. The fourth-order valence-corrected chi connectivity index (χ4v) is 2.97. The van der Waals surface area contributed by atoms with Crippen LogP contribution < -0.4 is 4.72 Å². The maximum Gasteiger partial charge on any atom is 0.241 e. The molecule has 0 aliphatic rings. The molecular weight excluding hydrogens is 297 g/mol. The Bertz CT molecular complexity index is 752. The third-order valence-corrected chi connectivity index (χ3v) is 4.23. The Kier molecular flexibility index (Phi) is 4.62. The van der Waals surface area contributed by atoms with Gasteiger partial charge in [0.25, 0.3) is 0 Å². The predicted molar refractivity (Wildman–Crippen MR) is 71.0 cm³/mol. The SMILES string of the molecule is N#Cc1c(F)cccc1S(=O)(=O)NCCCc1ncn[nH]1. The Hall–Kier alpha value is -2.31. The average Bonchev–Trinajstić information content (AvgIpc) is 2.96. The summed E-state index contributed by atoms with van der Waals surface area (Å²) in [5.41, 5.74) is -0.486. The maximum absolute atomic E-state index is 13.4. The summed E-state index contributed by atoms with van der Waals surface area (Å²) in [6, 6.07) is 5.05. The molecule has 7 nitrogen and oxygen atoms in total. The molecule has 110 valence electrons. The molecule has 9 heteroatoms. The predicted octanol–water partition coefficient (Wildman–Crippen LogP) is 0.727. The van der Waals surface area contributed by atoms with Crippen molar-refractivity contribution in [1.29, 1.82) is 5.26 Å². The first-order valence-electron chi connectivity index (χ1n) is 6.07. The van der Waals surface area contributed by atoms with Crippen LogP contribution in [0.3, 0.4) is 0 Å². The Labute approximate surface area is 120 Å². The second-order valence-corrected chi connectivity index (χ2v) is 5.89. The minimum Gasteiger partial charge on any atom is -0.263 e. The van der Waals surface area contributed by atoms with Crippen molar-refractivity contribution in [3.63, 3.8) is 0 Å². The van der Waals surface area contributed by atoms with E-state index < -0.39 is 21.4 Å². The average molecular weight is 309 g/mol. The number of hydrogen-bond donors (Lipinski definition) is 2. The summed E-state index contributed by atoms with van der Waals surface area (Å²) in [7, 11) is -3.93. The van der Waals surface area contributed by atoms with E-state index in [0.29, 0.717) is 18.7 Å². The number of sulfonamides is 1. The normalized spacial score (nSPS) is 11.2. The van der Waals surface area contributed by atoms with Crippen LogP contribution in [0.25, 0.3) is 0 Å². The van der Waals surface area contributed by atoms with E-state index >= 15 is 0 Å². The van der Waals surface area contributed by atoms with E-state index in [4.69, 9.17) is 5.26 Å². The number of aryl methyl sites for hydroxylation is 1. The van der Waals surface area contributed by atoms with Crippen molar-refractivity contribution in [3.05, 3.63) is 41.7 Å². The molecule has 0 atom stereocenters. The molecule has 1 heterocycles. The Morgan fingerprint density at radius 3 is 2.90 bits per heavy atom. The molecule has 1 aromatic heterocycles. The highest BCUT2D eigenvalue weighted by atomic mass is 32.2. The van der Waals surface area contributed by atoms with Gasteiger partial charge in [-0.2, -0.15) is 10.4 Å². The molecule has 0 spiro atoms. The van der Waals surface area contributed by atoms with Crippen LogP contribution in [0.4, 0.5) is 4.39 Å². The van der Waals surface area contributed by atoms with E-state index in [1.54, 1.807) is 6.07 Å². The van der Waals surface area contributed by atoms with Crippen LogP contribution in [0.15, 0.2) is 29.4 Å². The van der Waals surface area contributed by atoms with Crippen molar-refractivity contribution in [2.45, 2.75) is 17.7 Å². The highest BCUT2D eigenvalue weighted by Crippen LogP contribution is 2.17. The highest BCUT2D eigenvalue weighted by molar-refractivity contribution is 7.89. The molecule has 0 aliphatic carbocycles. The molecule has 0 saturated carbocycles. The molecule has 1 aromatic carbocycles. The third kappa shape index (κ3) is 3.62. The minimum atomic E-state index is -3.93. The van der Waals surface area contributed by atoms with Gasteiger partial charge in [0, 0.05) is 13.0 Å². The zero-order chi connectivity index (χ0) is 15.3. The molecule has 0 amide bonds. The van der Waals surface area contributed by atoms with Gasteiger partial charge in [-0.05, 0) is 18.6 Å². The van der Waals surface area contributed by atoms with Gasteiger partial charge >= 0.3 is 0 Å². The van der Waals surface area contributed by atoms with Gasteiger partial charge in [0.05, 0.1) is 0 Å². The Morgan fingerprint density at radius 2 is 2.24 bits per heavy atom. The van der Waals surface area contributed by atoms with Crippen molar-refractivity contribution in [1.82, 2.24) is 19.9 Å². The summed E-state index contributed by atoms with van der Waals surface area (Å²) in [4.78, 5) is 3.55. The Morgan fingerprint density at radius 1 is 1.43 bits per heavy atom. The summed E-state index contributed by atoms with van der Waals surface area (Å²) < 4.78 is 39.9. The highest BCUT2D eigenvalue weighted by Gasteiger charge is 2.20. The quantitative estimate of drug-likeness (QED) is 0.764. The van der Waals surface area contributed by atoms with Gasteiger partial charge in [-0.3, -0.25) is 5.10 Å². The van der Waals surface area contributed by atoms with Crippen LogP contribution in [0.5, 0.6) is 0 Å². The summed E-state index contributed by atoms with van der Waals surface area (Å²) in [6.45, 7) is 0.143. The van der Waals surface area contributed by atoms with Crippen molar-refractivity contribution < 1.29 is 12.8 Å². The van der Waals surface area contributed by atoms with Gasteiger partial charge < -0.3 is 0 Å². The van der Waals surface area contributed by atoms with E-state index in [1.165, 1.54) is 18.5 Å². The second-order valence-electron chi connectivity index (χ2n) is 4.16. The first-order chi connectivity index (χ1) is 10.0. The molecular formula is C12H12FN5O2S. The molecule has 2 rings (SSSR count). The number of rotatable bonds is 6. The van der Waals surface area contributed by atoms with E-state index in [1.807, 2.05) is 0 Å². The number of halogens is 1. The molecule has 0 aliphatic heterocycles. The zero-order valence-electron chi connectivity index (χ0n) is 10.9. The lowest BCUT2D eigenvalue weighted by Crippen LogP contribution is -2.26. The molecule has 21 heavy (non-hydrogen) atoms. The first kappa shape index (κ1) is 15.1. The number of nitriles is 1. The van der Waals surface area contributed by atoms with Crippen LogP contribution >= 0.6 is 0 Å². The summed E-state index contributed by atoms with van der Waals surface area (Å²) in [5, 5.41) is 15.2. The van der Waals surface area contributed by atoms with E-state index in [0.717, 1.165) is 6.07 Å². The number of H-pyrrole nitrogens is 1. The van der Waals surface area contributed by atoms with Crippen molar-refractivity contribution in [3.8, 4) is 6.07 Å². The van der Waals surface area contributed by atoms with Gasteiger partial charge in [0.2, 0.25) is 10.0 Å². The summed E-state index contributed by atoms with van der Waals surface area (Å²) >= 11 is 0. The number of benzene rings is 1. The standard InChI is InChI=1S/C12H12FN5O2S/c13-10-3-1-4-11(9(10)7-14)21(19,20)17-6-2-5-12-15-8-16-18-12/h1,3-4,8,17H,2,5-6H2,(H,15,16,18). The van der Waals surface area contributed by atoms with Crippen molar-refractivity contribution in [2.75, 3.05) is 6.54 Å². The molecule has 2 aromatic rings. The number of hydrogen-bond acceptors (Lipinski definition) is 5. The van der Waals surface area contributed by atoms with Gasteiger partial charge in [-0.25, -0.2) is 22.5 Å². The number of nitrogens with one attached hydrogen (secondary N) is 2. The number of nitrogens with zero attached hydrogens (tertiary/aromatic N) is 3. The zero-order valence-corrected chi connectivity index (χ0v) is 11.7. The van der Waals surface area contributed by atoms with Gasteiger partial charge in [-0.15, -0.1) is 0 Å². The van der Waals surface area contributed by atoms with Crippen molar-refractivity contribution in [2.24, 2.45) is 0 Å². The van der Waals surface area contributed by atoms with E-state index in [-0.39, 0.29) is 11.4 Å². The Balaban J connectivity index is 2.02. The maximum atomic E-state index is 13.4. The van der Waals surface area contributed by atoms with Gasteiger partial charge in [0.15, 0.2) is 0 Å². The van der Waals surface area contributed by atoms with Crippen LogP contribution in [-0.2, 0) is 16.4 Å². The van der Waals surface area contributed by atoms with Crippen LogP contribution in [0, 0.1) is 17.1 Å². The van der Waals surface area contributed by atoms with Crippen LogP contribution in [0.2, 0.25) is 0 Å². The third-order valence-electron chi connectivity index (χ3n) is 2.72. The first-order valence-corrected chi connectivity index (χ1v) is 7.55. The van der Waals surface area contributed by atoms with Gasteiger partial charge in [-0.1, -0.05) is 6.07 Å².